The maximum atomic E-state index is 12.8. The molecule has 70 heavy (non-hydrogen) atoms. The summed E-state index contributed by atoms with van der Waals surface area (Å²) in [6, 6.07) is 0. The molecular weight excluding hydrogens is 865 g/mol. The summed E-state index contributed by atoms with van der Waals surface area (Å²) in [6.07, 6.45) is 74.9. The molecule has 404 valence electrons. The molecule has 0 aliphatic carbocycles. The summed E-state index contributed by atoms with van der Waals surface area (Å²) < 4.78 is 16.8. The van der Waals surface area contributed by atoms with Gasteiger partial charge in [-0.2, -0.15) is 0 Å². The maximum absolute atomic E-state index is 12.8. The van der Waals surface area contributed by atoms with Gasteiger partial charge in [-0.25, -0.2) is 0 Å². The predicted molar refractivity (Wildman–Crippen MR) is 302 cm³/mol. The zero-order valence-electron chi connectivity index (χ0n) is 46.3. The molecule has 0 heterocycles. The number of hydrogen-bond donors (Lipinski definition) is 0. The van der Waals surface area contributed by atoms with Gasteiger partial charge in [0.25, 0.3) is 0 Å². The third-order valence-corrected chi connectivity index (χ3v) is 13.0. The number of carbonyl (C=O) groups excluding carboxylic acids is 3. The Bertz CT molecular complexity index is 1310. The topological polar surface area (TPSA) is 78.9 Å². The summed E-state index contributed by atoms with van der Waals surface area (Å²) in [5.74, 6) is -0.974. The SMILES string of the molecule is CC/C=C\C/C=C\C/C=C\C/C=C\C/C=C\C/C=C\CCC(=O)O[C@@H](COC(=O)CCCCCCCCCCCCCC)COC(=O)CCCCCCCCCCCCCCCCCCCCCCC. The van der Waals surface area contributed by atoms with E-state index >= 15 is 0 Å². The van der Waals surface area contributed by atoms with Crippen molar-refractivity contribution in [3.05, 3.63) is 72.9 Å². The summed E-state index contributed by atoms with van der Waals surface area (Å²) in [4.78, 5) is 38.1. The molecule has 0 aromatic heterocycles. The third-order valence-electron chi connectivity index (χ3n) is 13.0. The van der Waals surface area contributed by atoms with Crippen LogP contribution >= 0.6 is 0 Å². The van der Waals surface area contributed by atoms with Crippen LogP contribution in [-0.2, 0) is 28.6 Å². The van der Waals surface area contributed by atoms with Crippen LogP contribution < -0.4 is 0 Å². The fourth-order valence-electron chi connectivity index (χ4n) is 8.53. The van der Waals surface area contributed by atoms with E-state index in [2.05, 4.69) is 87.6 Å². The molecule has 0 rings (SSSR count). The molecule has 0 fully saturated rings. The van der Waals surface area contributed by atoms with E-state index in [1.54, 1.807) is 0 Å². The highest BCUT2D eigenvalue weighted by molar-refractivity contribution is 5.71. The molecule has 1 atom stereocenters. The lowest BCUT2D eigenvalue weighted by Gasteiger charge is -2.18. The average molecular weight is 978 g/mol. The Balaban J connectivity index is 4.40. The van der Waals surface area contributed by atoms with E-state index in [1.807, 2.05) is 6.08 Å². The Morgan fingerprint density at radius 2 is 0.557 bits per heavy atom. The lowest BCUT2D eigenvalue weighted by molar-refractivity contribution is -0.166. The van der Waals surface area contributed by atoms with Crippen LogP contribution in [0.2, 0.25) is 0 Å². The van der Waals surface area contributed by atoms with Gasteiger partial charge in [0, 0.05) is 19.3 Å². The molecule has 0 unspecified atom stereocenters. The van der Waals surface area contributed by atoms with Crippen molar-refractivity contribution in [1.82, 2.24) is 0 Å². The van der Waals surface area contributed by atoms with Gasteiger partial charge in [-0.05, 0) is 57.8 Å². The smallest absolute Gasteiger partial charge is 0.306 e. The summed E-state index contributed by atoms with van der Waals surface area (Å²) in [5, 5.41) is 0. The Labute approximate surface area is 433 Å². The summed E-state index contributed by atoms with van der Waals surface area (Å²) in [5.41, 5.74) is 0. The Kier molecular flexibility index (Phi) is 55.8. The molecule has 0 bridgehead atoms. The number of ether oxygens (including phenoxy) is 3. The number of allylic oxidation sites excluding steroid dienone is 12. The number of hydrogen-bond acceptors (Lipinski definition) is 6. The molecule has 0 aliphatic rings. The molecule has 0 aromatic carbocycles. The van der Waals surface area contributed by atoms with Crippen LogP contribution in [-0.4, -0.2) is 37.2 Å². The van der Waals surface area contributed by atoms with Crippen molar-refractivity contribution in [3.63, 3.8) is 0 Å². The summed E-state index contributed by atoms with van der Waals surface area (Å²) >= 11 is 0. The Morgan fingerprint density at radius 1 is 0.300 bits per heavy atom. The van der Waals surface area contributed by atoms with Crippen LogP contribution in [0.1, 0.15) is 297 Å². The first-order chi connectivity index (χ1) is 34.5. The molecule has 0 amide bonds. The van der Waals surface area contributed by atoms with Gasteiger partial charge in [-0.1, -0.05) is 293 Å². The molecule has 0 aromatic rings. The first kappa shape index (κ1) is 66.9. The number of carbonyl (C=O) groups is 3. The zero-order chi connectivity index (χ0) is 50.7. The number of esters is 3. The van der Waals surface area contributed by atoms with E-state index in [4.69, 9.17) is 14.2 Å². The second kappa shape index (κ2) is 58.4. The molecular formula is C64H112O6. The molecule has 6 heteroatoms. The van der Waals surface area contributed by atoms with Gasteiger partial charge in [0.15, 0.2) is 6.10 Å². The van der Waals surface area contributed by atoms with Gasteiger partial charge < -0.3 is 14.2 Å². The molecule has 0 aliphatic heterocycles. The quantitative estimate of drug-likeness (QED) is 0.0261. The lowest BCUT2D eigenvalue weighted by Crippen LogP contribution is -2.30. The number of rotatable bonds is 54. The lowest BCUT2D eigenvalue weighted by atomic mass is 10.0. The van der Waals surface area contributed by atoms with Crippen LogP contribution in [0.25, 0.3) is 0 Å². The van der Waals surface area contributed by atoms with Gasteiger partial charge in [0.2, 0.25) is 0 Å². The highest BCUT2D eigenvalue weighted by Gasteiger charge is 2.19. The van der Waals surface area contributed by atoms with E-state index in [0.29, 0.717) is 19.3 Å². The maximum Gasteiger partial charge on any atom is 0.306 e. The third kappa shape index (κ3) is 55.8. The van der Waals surface area contributed by atoms with Gasteiger partial charge in [0.1, 0.15) is 13.2 Å². The van der Waals surface area contributed by atoms with Crippen LogP contribution in [0.3, 0.4) is 0 Å². The predicted octanol–water partition coefficient (Wildman–Crippen LogP) is 20.2. The first-order valence-electron chi connectivity index (χ1n) is 29.9. The molecule has 0 saturated heterocycles. The zero-order valence-corrected chi connectivity index (χ0v) is 46.3. The second-order valence-corrected chi connectivity index (χ2v) is 19.9. The summed E-state index contributed by atoms with van der Waals surface area (Å²) in [6.45, 7) is 6.50. The molecule has 0 spiro atoms. The minimum Gasteiger partial charge on any atom is -0.462 e. The van der Waals surface area contributed by atoms with E-state index in [-0.39, 0.29) is 37.5 Å². The van der Waals surface area contributed by atoms with Crippen molar-refractivity contribution in [3.8, 4) is 0 Å². The van der Waals surface area contributed by atoms with Gasteiger partial charge in [-0.3, -0.25) is 14.4 Å². The highest BCUT2D eigenvalue weighted by atomic mass is 16.6. The van der Waals surface area contributed by atoms with Crippen LogP contribution in [0, 0.1) is 0 Å². The van der Waals surface area contributed by atoms with Crippen LogP contribution in [0.4, 0.5) is 0 Å². The first-order valence-corrected chi connectivity index (χ1v) is 29.9. The minimum absolute atomic E-state index is 0.102. The van der Waals surface area contributed by atoms with E-state index in [0.717, 1.165) is 77.0 Å². The van der Waals surface area contributed by atoms with E-state index in [1.165, 1.54) is 173 Å². The van der Waals surface area contributed by atoms with Gasteiger partial charge >= 0.3 is 17.9 Å². The van der Waals surface area contributed by atoms with Crippen molar-refractivity contribution in [2.75, 3.05) is 13.2 Å². The highest BCUT2D eigenvalue weighted by Crippen LogP contribution is 2.17. The van der Waals surface area contributed by atoms with Crippen molar-refractivity contribution >= 4 is 17.9 Å². The standard InChI is InChI=1S/C64H112O6/c1-4-7-10-13-16-19-22-25-27-29-31-32-34-35-37-39-42-45-48-51-54-57-63(66)69-60-61(59-68-62(65)56-53-50-47-44-41-24-21-18-15-12-9-6-3)70-64(67)58-55-52-49-46-43-40-38-36-33-30-28-26-23-20-17-14-11-8-5-2/h8,11,17,20,26,28,33,36,40,43,49,52,61H,4-7,9-10,12-16,18-19,21-25,27,29-32,34-35,37-39,41-42,44-48,50-51,53-60H2,1-3H3/b11-8-,20-17-,28-26-,36-33-,43-40-,52-49-/t61-/m0/s1. The monoisotopic (exact) mass is 977 g/mol. The Morgan fingerprint density at radius 3 is 0.843 bits per heavy atom. The fraction of sp³-hybridized carbons (Fsp3) is 0.766. The molecule has 6 nitrogen and oxygen atoms in total. The number of unbranched alkanes of at least 4 members (excludes halogenated alkanes) is 31. The fourth-order valence-corrected chi connectivity index (χ4v) is 8.53. The normalized spacial score (nSPS) is 12.6. The molecule has 0 saturated carbocycles. The van der Waals surface area contributed by atoms with Crippen LogP contribution in [0.5, 0.6) is 0 Å². The Hall–Kier alpha value is -3.15. The molecule has 0 radical (unpaired) electrons. The van der Waals surface area contributed by atoms with E-state index < -0.39 is 6.10 Å². The van der Waals surface area contributed by atoms with Crippen molar-refractivity contribution in [1.29, 1.82) is 0 Å². The molecule has 0 N–H and O–H groups in total. The summed E-state index contributed by atoms with van der Waals surface area (Å²) in [7, 11) is 0. The van der Waals surface area contributed by atoms with Gasteiger partial charge in [-0.15, -0.1) is 0 Å². The average Bonchev–Trinajstić information content (AvgIpc) is 3.36. The van der Waals surface area contributed by atoms with Crippen molar-refractivity contribution in [2.45, 2.75) is 303 Å². The largest absolute Gasteiger partial charge is 0.462 e. The van der Waals surface area contributed by atoms with Crippen molar-refractivity contribution in [2.24, 2.45) is 0 Å². The van der Waals surface area contributed by atoms with E-state index in [9.17, 15) is 14.4 Å². The van der Waals surface area contributed by atoms with Crippen LogP contribution in [0.15, 0.2) is 72.9 Å². The minimum atomic E-state index is -0.813. The van der Waals surface area contributed by atoms with Gasteiger partial charge in [0.05, 0.1) is 0 Å². The second-order valence-electron chi connectivity index (χ2n) is 19.9. The van der Waals surface area contributed by atoms with Crippen molar-refractivity contribution < 1.29 is 28.6 Å².